The van der Waals surface area contributed by atoms with Crippen LogP contribution in [0.2, 0.25) is 0 Å². The quantitative estimate of drug-likeness (QED) is 0.896. The van der Waals surface area contributed by atoms with Crippen molar-refractivity contribution < 1.29 is 8.42 Å². The first-order chi connectivity index (χ1) is 9.37. The van der Waals surface area contributed by atoms with Crippen LogP contribution in [-0.2, 0) is 17.1 Å². The second-order valence-electron chi connectivity index (χ2n) is 4.15. The third kappa shape index (κ3) is 2.19. The summed E-state index contributed by atoms with van der Waals surface area (Å²) in [6.07, 6.45) is 1.33. The number of nitrogen functional groups attached to an aromatic ring is 1. The number of sulfonamides is 1. The minimum absolute atomic E-state index is 0.0752. The Morgan fingerprint density at radius 2 is 2.05 bits per heavy atom. The van der Waals surface area contributed by atoms with E-state index in [0.717, 1.165) is 4.31 Å². The Bertz CT molecular complexity index is 788. The molecule has 0 bridgehead atoms. The van der Waals surface area contributed by atoms with Crippen LogP contribution < -0.4 is 10.0 Å². The van der Waals surface area contributed by atoms with Crippen LogP contribution in [0, 0.1) is 11.3 Å². The molecule has 0 unspecified atom stereocenters. The molecule has 1 aromatic heterocycles. The van der Waals surface area contributed by atoms with Crippen LogP contribution >= 0.6 is 0 Å². The van der Waals surface area contributed by atoms with E-state index in [0.29, 0.717) is 5.69 Å². The number of para-hydroxylation sites is 1. The van der Waals surface area contributed by atoms with Crippen molar-refractivity contribution in [3.8, 4) is 6.07 Å². The molecule has 20 heavy (non-hydrogen) atoms. The van der Waals surface area contributed by atoms with Crippen LogP contribution in [0.3, 0.4) is 0 Å². The van der Waals surface area contributed by atoms with E-state index in [9.17, 15) is 8.42 Å². The van der Waals surface area contributed by atoms with Gasteiger partial charge >= 0.3 is 0 Å². The average molecular weight is 291 g/mol. The van der Waals surface area contributed by atoms with Gasteiger partial charge < -0.3 is 5.73 Å². The summed E-state index contributed by atoms with van der Waals surface area (Å²) in [4.78, 5) is -0.0877. The Morgan fingerprint density at radius 1 is 1.40 bits per heavy atom. The standard InChI is InChI=1S/C12H13N5O2S/c1-16-8-11(12(14)15-16)20(18,19)17(2)10-6-4-3-5-9(10)7-13/h3-6,8H,1-2H3,(H2,14,15). The Kier molecular flexibility index (Phi) is 3.38. The maximum Gasteiger partial charge on any atom is 0.269 e. The molecule has 7 nitrogen and oxygen atoms in total. The number of benzene rings is 1. The van der Waals surface area contributed by atoms with Gasteiger partial charge in [0.25, 0.3) is 10.0 Å². The zero-order valence-corrected chi connectivity index (χ0v) is 11.8. The lowest BCUT2D eigenvalue weighted by atomic mass is 10.2. The van der Waals surface area contributed by atoms with Gasteiger partial charge in [0.15, 0.2) is 5.82 Å². The monoisotopic (exact) mass is 291 g/mol. The fourth-order valence-electron chi connectivity index (χ4n) is 1.80. The second-order valence-corrected chi connectivity index (χ2v) is 6.09. The lowest BCUT2D eigenvalue weighted by Crippen LogP contribution is -2.27. The van der Waals surface area contributed by atoms with E-state index in [1.165, 1.54) is 17.9 Å². The summed E-state index contributed by atoms with van der Waals surface area (Å²) in [7, 11) is -0.906. The predicted molar refractivity (Wildman–Crippen MR) is 74.4 cm³/mol. The fraction of sp³-hybridized carbons (Fsp3) is 0.167. The Labute approximate surface area is 116 Å². The number of aromatic nitrogens is 2. The van der Waals surface area contributed by atoms with Crippen molar-refractivity contribution in [2.75, 3.05) is 17.1 Å². The molecule has 0 spiro atoms. The molecule has 8 heteroatoms. The zero-order valence-electron chi connectivity index (χ0n) is 11.0. The number of rotatable bonds is 3. The summed E-state index contributed by atoms with van der Waals surface area (Å²) in [5.41, 5.74) is 6.17. The van der Waals surface area contributed by atoms with Crippen molar-refractivity contribution in [1.82, 2.24) is 9.78 Å². The van der Waals surface area contributed by atoms with Crippen LogP contribution in [0.5, 0.6) is 0 Å². The maximum absolute atomic E-state index is 12.5. The van der Waals surface area contributed by atoms with Gasteiger partial charge in [0, 0.05) is 20.3 Å². The van der Waals surface area contributed by atoms with Crippen molar-refractivity contribution in [2.24, 2.45) is 7.05 Å². The van der Waals surface area contributed by atoms with Gasteiger partial charge in [-0.1, -0.05) is 12.1 Å². The van der Waals surface area contributed by atoms with Crippen molar-refractivity contribution in [3.63, 3.8) is 0 Å². The molecular weight excluding hydrogens is 278 g/mol. The molecule has 0 saturated carbocycles. The van der Waals surface area contributed by atoms with E-state index in [4.69, 9.17) is 11.0 Å². The minimum atomic E-state index is -3.86. The third-order valence-corrected chi connectivity index (χ3v) is 4.61. The first-order valence-corrected chi connectivity index (χ1v) is 7.09. The smallest absolute Gasteiger partial charge is 0.269 e. The highest BCUT2D eigenvalue weighted by molar-refractivity contribution is 7.93. The van der Waals surface area contributed by atoms with Crippen molar-refractivity contribution >= 4 is 21.5 Å². The zero-order chi connectivity index (χ0) is 14.9. The van der Waals surface area contributed by atoms with E-state index in [2.05, 4.69) is 5.10 Å². The molecule has 2 rings (SSSR count). The highest BCUT2D eigenvalue weighted by Crippen LogP contribution is 2.27. The van der Waals surface area contributed by atoms with Gasteiger partial charge in [0.1, 0.15) is 11.0 Å². The predicted octanol–water partition coefficient (Wildman–Crippen LogP) is 0.699. The molecule has 0 aliphatic rings. The van der Waals surface area contributed by atoms with Crippen LogP contribution in [-0.4, -0.2) is 25.2 Å². The second kappa shape index (κ2) is 4.86. The molecule has 0 aliphatic heterocycles. The lowest BCUT2D eigenvalue weighted by molar-refractivity contribution is 0.594. The lowest BCUT2D eigenvalue weighted by Gasteiger charge is -2.19. The van der Waals surface area contributed by atoms with Gasteiger partial charge in [-0.05, 0) is 12.1 Å². The first-order valence-electron chi connectivity index (χ1n) is 5.65. The number of aryl methyl sites for hydroxylation is 1. The topological polar surface area (TPSA) is 105 Å². The van der Waals surface area contributed by atoms with Gasteiger partial charge in [-0.15, -0.1) is 0 Å². The first kappa shape index (κ1) is 13.9. The fourth-order valence-corrected chi connectivity index (χ4v) is 3.11. The largest absolute Gasteiger partial charge is 0.381 e. The minimum Gasteiger partial charge on any atom is -0.381 e. The number of anilines is 2. The average Bonchev–Trinajstić information content (AvgIpc) is 2.77. The SMILES string of the molecule is CN(c1ccccc1C#N)S(=O)(=O)c1cn(C)nc1N. The Morgan fingerprint density at radius 3 is 2.60 bits per heavy atom. The summed E-state index contributed by atoms with van der Waals surface area (Å²) in [6.45, 7) is 0. The normalized spacial score (nSPS) is 11.1. The molecular formula is C12H13N5O2S. The molecule has 0 fully saturated rings. The molecule has 0 aliphatic carbocycles. The molecule has 0 atom stereocenters. The molecule has 0 radical (unpaired) electrons. The van der Waals surface area contributed by atoms with Gasteiger partial charge in [0.2, 0.25) is 0 Å². The van der Waals surface area contributed by atoms with E-state index in [1.807, 2.05) is 6.07 Å². The van der Waals surface area contributed by atoms with Crippen molar-refractivity contribution in [3.05, 3.63) is 36.0 Å². The highest BCUT2D eigenvalue weighted by atomic mass is 32.2. The highest BCUT2D eigenvalue weighted by Gasteiger charge is 2.27. The van der Waals surface area contributed by atoms with Gasteiger partial charge in [-0.2, -0.15) is 10.4 Å². The molecule has 0 amide bonds. The number of hydrogen-bond donors (Lipinski definition) is 1. The number of hydrogen-bond acceptors (Lipinski definition) is 5. The molecule has 0 saturated heterocycles. The van der Waals surface area contributed by atoms with E-state index >= 15 is 0 Å². The van der Waals surface area contributed by atoms with E-state index in [1.54, 1.807) is 31.3 Å². The molecule has 1 aromatic carbocycles. The van der Waals surface area contributed by atoms with Gasteiger partial charge in [-0.25, -0.2) is 8.42 Å². The molecule has 2 aromatic rings. The van der Waals surface area contributed by atoms with Crippen LogP contribution in [0.1, 0.15) is 5.56 Å². The summed E-state index contributed by atoms with van der Waals surface area (Å²) in [5.74, 6) is -0.0752. The third-order valence-electron chi connectivity index (χ3n) is 2.82. The summed E-state index contributed by atoms with van der Waals surface area (Å²) in [5, 5.41) is 12.9. The van der Waals surface area contributed by atoms with E-state index < -0.39 is 10.0 Å². The number of nitrogens with zero attached hydrogens (tertiary/aromatic N) is 4. The van der Waals surface area contributed by atoms with Crippen LogP contribution in [0.25, 0.3) is 0 Å². The number of nitriles is 1. The number of nitrogens with two attached hydrogens (primary N) is 1. The Balaban J connectivity index is 2.55. The summed E-state index contributed by atoms with van der Waals surface area (Å²) >= 11 is 0. The van der Waals surface area contributed by atoms with Gasteiger partial charge in [0.05, 0.1) is 11.3 Å². The van der Waals surface area contributed by atoms with Gasteiger partial charge in [-0.3, -0.25) is 8.99 Å². The van der Waals surface area contributed by atoms with Crippen LogP contribution in [0.15, 0.2) is 35.4 Å². The molecule has 1 heterocycles. The van der Waals surface area contributed by atoms with Crippen molar-refractivity contribution in [1.29, 1.82) is 5.26 Å². The van der Waals surface area contributed by atoms with E-state index in [-0.39, 0.29) is 16.3 Å². The Hall–Kier alpha value is -2.53. The molecule has 2 N–H and O–H groups in total. The van der Waals surface area contributed by atoms with Crippen molar-refractivity contribution in [2.45, 2.75) is 4.90 Å². The molecule has 104 valence electrons. The van der Waals surface area contributed by atoms with Crippen LogP contribution in [0.4, 0.5) is 11.5 Å². The maximum atomic E-state index is 12.5. The summed E-state index contributed by atoms with van der Waals surface area (Å²) in [6, 6.07) is 8.40. The summed E-state index contributed by atoms with van der Waals surface area (Å²) < 4.78 is 27.4.